The molecule has 0 aromatic heterocycles. The summed E-state index contributed by atoms with van der Waals surface area (Å²) < 4.78 is 0. The molecule has 1 amide bonds. The second-order valence-corrected chi connectivity index (χ2v) is 4.78. The molecule has 1 aromatic rings. The summed E-state index contributed by atoms with van der Waals surface area (Å²) >= 11 is 0. The van der Waals surface area contributed by atoms with Crippen LogP contribution in [0.3, 0.4) is 0 Å². The van der Waals surface area contributed by atoms with Gasteiger partial charge in [-0.15, -0.1) is 0 Å². The molecule has 1 fully saturated rings. The Balaban J connectivity index is 1.94. The number of fused-ring (bicyclic) bond motifs is 1. The first-order valence-electron chi connectivity index (χ1n) is 6.24. The lowest BCUT2D eigenvalue weighted by Crippen LogP contribution is -2.43. The van der Waals surface area contributed by atoms with E-state index in [4.69, 9.17) is 0 Å². The van der Waals surface area contributed by atoms with Crippen LogP contribution in [0.1, 0.15) is 11.7 Å². The van der Waals surface area contributed by atoms with E-state index < -0.39 is 6.10 Å². The molecular formula is C13H17N3O2. The lowest BCUT2D eigenvalue weighted by molar-refractivity contribution is -0.125. The number of anilines is 2. The van der Waals surface area contributed by atoms with Gasteiger partial charge in [0.15, 0.2) is 6.10 Å². The van der Waals surface area contributed by atoms with E-state index in [1.54, 1.807) is 7.05 Å². The van der Waals surface area contributed by atoms with Crippen molar-refractivity contribution in [1.29, 1.82) is 0 Å². The van der Waals surface area contributed by atoms with E-state index in [0.717, 1.165) is 37.6 Å². The first-order chi connectivity index (χ1) is 8.68. The maximum Gasteiger partial charge on any atom is 0.260 e. The van der Waals surface area contributed by atoms with E-state index in [2.05, 4.69) is 10.2 Å². The molecule has 0 aliphatic carbocycles. The van der Waals surface area contributed by atoms with Crippen molar-refractivity contribution in [1.82, 2.24) is 5.32 Å². The van der Waals surface area contributed by atoms with E-state index in [1.807, 2.05) is 18.2 Å². The monoisotopic (exact) mass is 247 g/mol. The number of piperazine rings is 1. The van der Waals surface area contributed by atoms with Crippen molar-refractivity contribution in [3.63, 3.8) is 0 Å². The topological polar surface area (TPSA) is 55.8 Å². The lowest BCUT2D eigenvalue weighted by Gasteiger charge is -2.30. The standard InChI is InChI=1S/C13H17N3O2/c1-15-11-8-9(16-6-4-14-5-7-16)2-3-10(11)12(17)13(15)18/h2-3,8,12,14,17H,4-7H2,1H3. The van der Waals surface area contributed by atoms with Gasteiger partial charge in [0.25, 0.3) is 5.91 Å². The molecule has 96 valence electrons. The van der Waals surface area contributed by atoms with Crippen LogP contribution in [-0.4, -0.2) is 44.2 Å². The number of nitrogens with one attached hydrogen (secondary N) is 1. The molecular weight excluding hydrogens is 230 g/mol. The molecule has 2 heterocycles. The number of likely N-dealkylation sites (N-methyl/N-ethyl adjacent to an activating group) is 1. The van der Waals surface area contributed by atoms with Gasteiger partial charge in [-0.1, -0.05) is 6.07 Å². The van der Waals surface area contributed by atoms with Crippen molar-refractivity contribution in [3.05, 3.63) is 23.8 Å². The highest BCUT2D eigenvalue weighted by Crippen LogP contribution is 2.37. The van der Waals surface area contributed by atoms with Crippen LogP contribution in [-0.2, 0) is 4.79 Å². The maximum atomic E-state index is 11.7. The summed E-state index contributed by atoms with van der Waals surface area (Å²) in [4.78, 5) is 15.5. The van der Waals surface area contributed by atoms with Crippen molar-refractivity contribution in [2.24, 2.45) is 0 Å². The minimum atomic E-state index is -0.998. The number of amides is 1. The SMILES string of the molecule is CN1C(=O)C(O)c2ccc(N3CCNCC3)cc21. The molecule has 1 unspecified atom stereocenters. The number of aliphatic hydroxyl groups is 1. The van der Waals surface area contributed by atoms with Gasteiger partial charge >= 0.3 is 0 Å². The zero-order valence-corrected chi connectivity index (χ0v) is 10.4. The smallest absolute Gasteiger partial charge is 0.260 e. The van der Waals surface area contributed by atoms with Gasteiger partial charge in [-0.3, -0.25) is 4.79 Å². The van der Waals surface area contributed by atoms with Gasteiger partial charge in [0.05, 0.1) is 5.69 Å². The Morgan fingerprint density at radius 2 is 2.06 bits per heavy atom. The van der Waals surface area contributed by atoms with Crippen molar-refractivity contribution >= 4 is 17.3 Å². The van der Waals surface area contributed by atoms with Crippen molar-refractivity contribution in [3.8, 4) is 0 Å². The highest BCUT2D eigenvalue weighted by atomic mass is 16.3. The first kappa shape index (κ1) is 11.5. The highest BCUT2D eigenvalue weighted by molar-refractivity contribution is 6.03. The highest BCUT2D eigenvalue weighted by Gasteiger charge is 2.33. The normalized spacial score (nSPS) is 23.4. The van der Waals surface area contributed by atoms with Crippen LogP contribution in [0.25, 0.3) is 0 Å². The van der Waals surface area contributed by atoms with Crippen LogP contribution in [0.2, 0.25) is 0 Å². The Kier molecular flexibility index (Phi) is 2.72. The zero-order chi connectivity index (χ0) is 12.7. The van der Waals surface area contributed by atoms with E-state index in [0.29, 0.717) is 5.56 Å². The summed E-state index contributed by atoms with van der Waals surface area (Å²) in [6, 6.07) is 5.84. The third kappa shape index (κ3) is 1.67. The van der Waals surface area contributed by atoms with Crippen LogP contribution in [0.15, 0.2) is 18.2 Å². The van der Waals surface area contributed by atoms with Crippen LogP contribution < -0.4 is 15.1 Å². The molecule has 5 nitrogen and oxygen atoms in total. The summed E-state index contributed by atoms with van der Waals surface area (Å²) in [5.74, 6) is -0.248. The Hall–Kier alpha value is -1.59. The molecule has 0 bridgehead atoms. The third-order valence-electron chi connectivity index (χ3n) is 3.72. The largest absolute Gasteiger partial charge is 0.378 e. The number of hydrogen-bond donors (Lipinski definition) is 2. The van der Waals surface area contributed by atoms with Gasteiger partial charge in [-0.2, -0.15) is 0 Å². The molecule has 1 saturated heterocycles. The molecule has 0 radical (unpaired) electrons. The molecule has 5 heteroatoms. The Bertz CT molecular complexity index is 483. The van der Waals surface area contributed by atoms with E-state index >= 15 is 0 Å². The number of rotatable bonds is 1. The van der Waals surface area contributed by atoms with Gasteiger partial charge in [0, 0.05) is 44.5 Å². The number of carbonyl (C=O) groups excluding carboxylic acids is 1. The summed E-state index contributed by atoms with van der Waals surface area (Å²) in [6.45, 7) is 3.90. The summed E-state index contributed by atoms with van der Waals surface area (Å²) in [6.07, 6.45) is -0.998. The van der Waals surface area contributed by atoms with Crippen LogP contribution in [0.4, 0.5) is 11.4 Å². The summed E-state index contributed by atoms with van der Waals surface area (Å²) in [5.41, 5.74) is 2.65. The molecule has 2 N–H and O–H groups in total. The molecule has 0 saturated carbocycles. The third-order valence-corrected chi connectivity index (χ3v) is 3.72. The quantitative estimate of drug-likeness (QED) is 0.739. The molecule has 3 rings (SSSR count). The number of carbonyl (C=O) groups is 1. The maximum absolute atomic E-state index is 11.7. The number of nitrogens with zero attached hydrogens (tertiary/aromatic N) is 2. The van der Waals surface area contributed by atoms with E-state index in [1.165, 1.54) is 4.90 Å². The minimum absolute atomic E-state index is 0.248. The fourth-order valence-electron chi connectivity index (χ4n) is 2.61. The summed E-state index contributed by atoms with van der Waals surface area (Å²) in [7, 11) is 1.71. The Morgan fingerprint density at radius 1 is 1.33 bits per heavy atom. The molecule has 18 heavy (non-hydrogen) atoms. The number of benzene rings is 1. The second-order valence-electron chi connectivity index (χ2n) is 4.78. The molecule has 1 aromatic carbocycles. The molecule has 2 aliphatic rings. The van der Waals surface area contributed by atoms with E-state index in [9.17, 15) is 9.90 Å². The fourth-order valence-corrected chi connectivity index (χ4v) is 2.61. The Labute approximate surface area is 106 Å². The van der Waals surface area contributed by atoms with Crippen LogP contribution in [0.5, 0.6) is 0 Å². The first-order valence-corrected chi connectivity index (χ1v) is 6.24. The van der Waals surface area contributed by atoms with Gasteiger partial charge in [-0.05, 0) is 12.1 Å². The van der Waals surface area contributed by atoms with Gasteiger partial charge in [0.1, 0.15) is 0 Å². The van der Waals surface area contributed by atoms with E-state index in [-0.39, 0.29) is 5.91 Å². The lowest BCUT2D eigenvalue weighted by atomic mass is 10.1. The van der Waals surface area contributed by atoms with Gasteiger partial charge in [0.2, 0.25) is 0 Å². The van der Waals surface area contributed by atoms with Crippen LogP contribution in [0, 0.1) is 0 Å². The van der Waals surface area contributed by atoms with Gasteiger partial charge < -0.3 is 20.2 Å². The van der Waals surface area contributed by atoms with Crippen molar-refractivity contribution in [2.75, 3.05) is 43.0 Å². The van der Waals surface area contributed by atoms with Crippen LogP contribution >= 0.6 is 0 Å². The predicted octanol–water partition coefficient (Wildman–Crippen LogP) is 0.106. The fraction of sp³-hybridized carbons (Fsp3) is 0.462. The van der Waals surface area contributed by atoms with Crippen molar-refractivity contribution in [2.45, 2.75) is 6.10 Å². The zero-order valence-electron chi connectivity index (χ0n) is 10.4. The average molecular weight is 247 g/mol. The minimum Gasteiger partial charge on any atom is -0.378 e. The number of aliphatic hydroxyl groups excluding tert-OH is 1. The molecule has 0 spiro atoms. The second kappa shape index (κ2) is 4.26. The number of hydrogen-bond acceptors (Lipinski definition) is 4. The van der Waals surface area contributed by atoms with Crippen molar-refractivity contribution < 1.29 is 9.90 Å². The average Bonchev–Trinajstić information content (AvgIpc) is 2.65. The molecule has 2 aliphatic heterocycles. The summed E-state index contributed by atoms with van der Waals surface area (Å²) in [5, 5.41) is 13.1. The molecule has 1 atom stereocenters. The Morgan fingerprint density at radius 3 is 2.78 bits per heavy atom. The van der Waals surface area contributed by atoms with Gasteiger partial charge in [-0.25, -0.2) is 0 Å². The predicted molar refractivity (Wildman–Crippen MR) is 69.9 cm³/mol.